The van der Waals surface area contributed by atoms with Crippen molar-refractivity contribution in [3.63, 3.8) is 0 Å². The van der Waals surface area contributed by atoms with Crippen molar-refractivity contribution in [1.29, 1.82) is 0 Å². The summed E-state index contributed by atoms with van der Waals surface area (Å²) in [6.45, 7) is 8.48. The average molecular weight is 342 g/mol. The summed E-state index contributed by atoms with van der Waals surface area (Å²) in [4.78, 5) is 0. The van der Waals surface area contributed by atoms with Gasteiger partial charge in [0.05, 0.1) is 0 Å². The van der Waals surface area contributed by atoms with Crippen LogP contribution in [0.1, 0.15) is 47.0 Å². The van der Waals surface area contributed by atoms with Crippen molar-refractivity contribution in [2.75, 3.05) is 0 Å². The number of halogens is 1. The molecule has 0 bridgehead atoms. The van der Waals surface area contributed by atoms with Gasteiger partial charge in [-0.05, 0) is 0 Å². The van der Waals surface area contributed by atoms with Crippen molar-refractivity contribution < 1.29 is 3.07 Å². The van der Waals surface area contributed by atoms with Gasteiger partial charge in [0.15, 0.2) is 0 Å². The molecule has 0 amide bonds. The average Bonchev–Trinajstić information content (AvgIpc) is 2.17. The summed E-state index contributed by atoms with van der Waals surface area (Å²) in [7, 11) is 6.63. The molecule has 3 atom stereocenters. The Morgan fingerprint density at radius 3 is 2.33 bits per heavy atom. The van der Waals surface area contributed by atoms with Crippen LogP contribution in [0.4, 0.5) is 0 Å². The molecule has 0 saturated heterocycles. The fraction of sp³-hybridized carbons (Fsp3) is 1.00. The Labute approximate surface area is 103 Å². The molecule has 0 aromatic carbocycles. The molecular formula is C11H26ClNOSn. The third-order valence-corrected chi connectivity index (χ3v) is 14.9. The maximum atomic E-state index is 6.63. The monoisotopic (exact) mass is 343 g/mol. The summed E-state index contributed by atoms with van der Waals surface area (Å²) in [5.41, 5.74) is 5.73. The van der Waals surface area contributed by atoms with Crippen molar-refractivity contribution in [3.8, 4) is 0 Å². The Balaban J connectivity index is 3.95. The van der Waals surface area contributed by atoms with Crippen molar-refractivity contribution in [2.45, 2.75) is 68.0 Å². The first-order valence-electron chi connectivity index (χ1n) is 6.05. The van der Waals surface area contributed by atoms with Gasteiger partial charge in [-0.25, -0.2) is 0 Å². The molecule has 92 valence electrons. The Morgan fingerprint density at radius 1 is 1.33 bits per heavy atom. The molecule has 0 aliphatic rings. The van der Waals surface area contributed by atoms with E-state index in [1.165, 1.54) is 0 Å². The van der Waals surface area contributed by atoms with Crippen molar-refractivity contribution in [2.24, 2.45) is 5.73 Å². The van der Waals surface area contributed by atoms with E-state index in [2.05, 4.69) is 20.8 Å². The molecule has 0 fully saturated rings. The molecule has 3 unspecified atom stereocenters. The van der Waals surface area contributed by atoms with Crippen LogP contribution in [0.25, 0.3) is 0 Å². The van der Waals surface area contributed by atoms with Crippen molar-refractivity contribution >= 4 is 26.6 Å². The van der Waals surface area contributed by atoms with Gasteiger partial charge in [-0.3, -0.25) is 0 Å². The van der Waals surface area contributed by atoms with E-state index in [1.54, 1.807) is 0 Å². The minimum absolute atomic E-state index is 0.289. The predicted molar refractivity (Wildman–Crippen MR) is 70.6 cm³/mol. The number of hydrogen-bond acceptors (Lipinski definition) is 2. The Bertz CT molecular complexity index is 169. The molecule has 0 heterocycles. The van der Waals surface area contributed by atoms with E-state index in [0.717, 1.165) is 28.1 Å². The van der Waals surface area contributed by atoms with Gasteiger partial charge in [0.2, 0.25) is 0 Å². The van der Waals surface area contributed by atoms with E-state index >= 15 is 0 Å². The van der Waals surface area contributed by atoms with E-state index in [-0.39, 0.29) is 6.04 Å². The van der Waals surface area contributed by atoms with E-state index < -0.39 is 17.7 Å². The Kier molecular flexibility index (Phi) is 8.70. The zero-order valence-electron chi connectivity index (χ0n) is 10.6. The normalized spacial score (nSPS) is 19.6. The third kappa shape index (κ3) is 7.83. The zero-order valence-corrected chi connectivity index (χ0v) is 14.2. The molecule has 0 radical (unpaired) electrons. The van der Waals surface area contributed by atoms with Crippen LogP contribution in [0.5, 0.6) is 0 Å². The molecule has 0 aromatic heterocycles. The molecule has 0 saturated carbocycles. The predicted octanol–water partition coefficient (Wildman–Crippen LogP) is 3.63. The summed E-state index contributed by atoms with van der Waals surface area (Å²) in [6, 6.07) is 0.289. The van der Waals surface area contributed by atoms with Crippen molar-refractivity contribution in [1.82, 2.24) is 0 Å². The second-order valence-corrected chi connectivity index (χ2v) is 18.2. The summed E-state index contributed by atoms with van der Waals surface area (Å²) in [5, 5.41) is 0. The molecule has 2 N–H and O–H groups in total. The second-order valence-electron chi connectivity index (χ2n) is 4.44. The fourth-order valence-corrected chi connectivity index (χ4v) is 9.81. The molecule has 0 aromatic rings. The first kappa shape index (κ1) is 16.0. The molecule has 4 heteroatoms. The third-order valence-electron chi connectivity index (χ3n) is 2.72. The fourth-order valence-electron chi connectivity index (χ4n) is 1.45. The Morgan fingerprint density at radius 2 is 1.93 bits per heavy atom. The van der Waals surface area contributed by atoms with Crippen LogP contribution in [-0.2, 0) is 3.07 Å². The summed E-state index contributed by atoms with van der Waals surface area (Å²) >= 11 is -2.71. The van der Waals surface area contributed by atoms with Crippen LogP contribution in [0.3, 0.4) is 0 Å². The van der Waals surface area contributed by atoms with E-state index in [1.807, 2.05) is 6.92 Å². The van der Waals surface area contributed by atoms with Gasteiger partial charge < -0.3 is 0 Å². The van der Waals surface area contributed by atoms with Crippen molar-refractivity contribution in [3.05, 3.63) is 0 Å². The standard InChI is InChI=1S/C5H12N.C4H9O.C2H5.ClH.Sn/c1-3-4-5(2)6;1-3-4(2)5;1-2;;/h5H,1,3-4,6H2,2H3;4H,3H2,1-2H3;1H2,2H3;1H;/q;-1;;;+2/p-1. The first-order chi connectivity index (χ1) is 6.93. The first-order valence-corrected chi connectivity index (χ1v) is 14.9. The summed E-state index contributed by atoms with van der Waals surface area (Å²) < 4.78 is 8.20. The van der Waals surface area contributed by atoms with E-state index in [9.17, 15) is 0 Å². The second kappa shape index (κ2) is 8.15. The topological polar surface area (TPSA) is 35.2 Å². The minimum atomic E-state index is -2.71. The molecular weight excluding hydrogens is 316 g/mol. The quantitative estimate of drug-likeness (QED) is 0.684. The summed E-state index contributed by atoms with van der Waals surface area (Å²) in [6.07, 6.45) is 3.57. The SMILES string of the molecule is CCC(C)[O][Sn]([Cl])([CH2]C)[CH2]CCC(C)N. The molecule has 2 nitrogen and oxygen atoms in total. The van der Waals surface area contributed by atoms with E-state index in [0.29, 0.717) is 6.10 Å². The van der Waals surface area contributed by atoms with Crippen LogP contribution in [0.15, 0.2) is 0 Å². The molecule has 0 aliphatic carbocycles. The van der Waals surface area contributed by atoms with Gasteiger partial charge in [0, 0.05) is 0 Å². The zero-order chi connectivity index (χ0) is 11.9. The van der Waals surface area contributed by atoms with Crippen LogP contribution < -0.4 is 5.73 Å². The van der Waals surface area contributed by atoms with Crippen LogP contribution in [0.2, 0.25) is 8.87 Å². The molecule has 0 spiro atoms. The molecule has 15 heavy (non-hydrogen) atoms. The van der Waals surface area contributed by atoms with Gasteiger partial charge in [-0.15, -0.1) is 0 Å². The number of rotatable bonds is 8. The Hall–Kier alpha value is 1.01. The van der Waals surface area contributed by atoms with Gasteiger partial charge in [-0.1, -0.05) is 0 Å². The van der Waals surface area contributed by atoms with Crippen LogP contribution in [0, 0.1) is 0 Å². The van der Waals surface area contributed by atoms with Crippen LogP contribution in [-0.4, -0.2) is 29.8 Å². The number of nitrogens with two attached hydrogens (primary N) is 1. The molecule has 0 aliphatic heterocycles. The molecule has 0 rings (SSSR count). The van der Waals surface area contributed by atoms with Gasteiger partial charge in [0.25, 0.3) is 0 Å². The van der Waals surface area contributed by atoms with Gasteiger partial charge >= 0.3 is 103 Å². The van der Waals surface area contributed by atoms with E-state index in [4.69, 9.17) is 17.7 Å². The van der Waals surface area contributed by atoms with Gasteiger partial charge in [-0.2, -0.15) is 0 Å². The van der Waals surface area contributed by atoms with Crippen LogP contribution >= 0.6 is 8.92 Å². The maximum absolute atomic E-state index is 6.63. The van der Waals surface area contributed by atoms with Gasteiger partial charge in [0.1, 0.15) is 0 Å². The number of hydrogen-bond donors (Lipinski definition) is 1. The summed E-state index contributed by atoms with van der Waals surface area (Å²) in [5.74, 6) is 0.